The normalized spacial score (nSPS) is 16.7. The molecule has 0 bridgehead atoms. The third kappa shape index (κ3) is 4.43. The van der Waals surface area contributed by atoms with Gasteiger partial charge in [0.05, 0.1) is 19.8 Å². The summed E-state index contributed by atoms with van der Waals surface area (Å²) in [5.74, 6) is 0.753. The van der Waals surface area contributed by atoms with Gasteiger partial charge in [-0.05, 0) is 11.5 Å². The number of aromatic nitrogens is 1. The Kier molecular flexibility index (Phi) is 5.61. The van der Waals surface area contributed by atoms with Crippen LogP contribution in [0.3, 0.4) is 0 Å². The fourth-order valence-electron chi connectivity index (χ4n) is 2.71. The summed E-state index contributed by atoms with van der Waals surface area (Å²) < 4.78 is 10.6. The van der Waals surface area contributed by atoms with Gasteiger partial charge in [0, 0.05) is 25.7 Å². The minimum absolute atomic E-state index is 0.199. The smallest absolute Gasteiger partial charge is 0.273 e. The lowest BCUT2D eigenvalue weighted by Gasteiger charge is -2.25. The third-order valence-electron chi connectivity index (χ3n) is 4.21. The van der Waals surface area contributed by atoms with Crippen LogP contribution in [-0.2, 0) is 11.3 Å². The van der Waals surface area contributed by atoms with Gasteiger partial charge in [-0.25, -0.2) is 0 Å². The number of carbonyl (C=O) groups excluding carboxylic acids is 1. The van der Waals surface area contributed by atoms with E-state index in [-0.39, 0.29) is 11.8 Å². The molecule has 128 valence electrons. The number of hydrogen-bond donors (Lipinski definition) is 1. The summed E-state index contributed by atoms with van der Waals surface area (Å²) in [6.07, 6.45) is 0. The van der Waals surface area contributed by atoms with Gasteiger partial charge in [-0.1, -0.05) is 42.4 Å². The molecule has 3 rings (SSSR count). The van der Waals surface area contributed by atoms with Gasteiger partial charge in [0.2, 0.25) is 0 Å². The molecule has 1 aromatic heterocycles. The van der Waals surface area contributed by atoms with Gasteiger partial charge < -0.3 is 14.6 Å². The van der Waals surface area contributed by atoms with Crippen LogP contribution in [0.5, 0.6) is 0 Å². The molecule has 2 aromatic rings. The van der Waals surface area contributed by atoms with Crippen LogP contribution in [0.2, 0.25) is 0 Å². The lowest BCUT2D eigenvalue weighted by atomic mass is 10.0. The van der Waals surface area contributed by atoms with Gasteiger partial charge in [0.25, 0.3) is 5.91 Å². The largest absolute Gasteiger partial charge is 0.379 e. The van der Waals surface area contributed by atoms with Gasteiger partial charge in [-0.15, -0.1) is 0 Å². The van der Waals surface area contributed by atoms with Crippen LogP contribution in [0, 0.1) is 0 Å². The van der Waals surface area contributed by atoms with E-state index in [0.29, 0.717) is 24.5 Å². The van der Waals surface area contributed by atoms with Crippen molar-refractivity contribution in [1.82, 2.24) is 15.4 Å². The van der Waals surface area contributed by atoms with Crippen molar-refractivity contribution in [1.29, 1.82) is 0 Å². The first kappa shape index (κ1) is 16.7. The van der Waals surface area contributed by atoms with Gasteiger partial charge >= 0.3 is 0 Å². The van der Waals surface area contributed by atoms with Crippen LogP contribution in [0.25, 0.3) is 0 Å². The lowest BCUT2D eigenvalue weighted by Crippen LogP contribution is -2.35. The summed E-state index contributed by atoms with van der Waals surface area (Å²) >= 11 is 0. The number of rotatable bonds is 6. The quantitative estimate of drug-likeness (QED) is 0.878. The molecule has 1 saturated heterocycles. The Balaban J connectivity index is 1.50. The Morgan fingerprint density at radius 2 is 2.04 bits per heavy atom. The summed E-state index contributed by atoms with van der Waals surface area (Å²) in [5.41, 5.74) is 1.53. The van der Waals surface area contributed by atoms with Crippen LogP contribution >= 0.6 is 0 Å². The van der Waals surface area contributed by atoms with Gasteiger partial charge in [0.1, 0.15) is 0 Å². The molecular formula is C18H23N3O3. The van der Waals surface area contributed by atoms with Crippen LogP contribution < -0.4 is 5.32 Å². The predicted octanol–water partition coefficient (Wildman–Crippen LogP) is 2.04. The molecule has 0 spiro atoms. The maximum atomic E-state index is 12.2. The maximum absolute atomic E-state index is 12.2. The van der Waals surface area contributed by atoms with Crippen LogP contribution in [0.1, 0.15) is 34.7 Å². The Labute approximate surface area is 141 Å². The number of nitrogens with zero attached hydrogens (tertiary/aromatic N) is 2. The number of amides is 1. The Morgan fingerprint density at radius 3 is 2.79 bits per heavy atom. The molecule has 0 radical (unpaired) electrons. The maximum Gasteiger partial charge on any atom is 0.273 e. The van der Waals surface area contributed by atoms with Gasteiger partial charge in [-0.2, -0.15) is 0 Å². The van der Waals surface area contributed by atoms with E-state index in [4.69, 9.17) is 9.26 Å². The van der Waals surface area contributed by atoms with Crippen molar-refractivity contribution in [2.75, 3.05) is 32.8 Å². The molecule has 1 aliphatic rings. The number of hydrogen-bond acceptors (Lipinski definition) is 5. The van der Waals surface area contributed by atoms with E-state index < -0.39 is 0 Å². The second kappa shape index (κ2) is 8.08. The Hall–Kier alpha value is -2.18. The molecule has 6 nitrogen and oxygen atoms in total. The zero-order valence-corrected chi connectivity index (χ0v) is 13.9. The Bertz CT molecular complexity index is 651. The molecule has 0 aliphatic carbocycles. The summed E-state index contributed by atoms with van der Waals surface area (Å²) in [4.78, 5) is 14.4. The van der Waals surface area contributed by atoms with Gasteiger partial charge in [-0.3, -0.25) is 9.69 Å². The van der Waals surface area contributed by atoms with E-state index in [1.807, 2.05) is 18.2 Å². The van der Waals surface area contributed by atoms with E-state index in [9.17, 15) is 4.79 Å². The average molecular weight is 329 g/mol. The average Bonchev–Trinajstić information content (AvgIpc) is 3.09. The van der Waals surface area contributed by atoms with Crippen molar-refractivity contribution in [2.45, 2.75) is 19.4 Å². The first-order chi connectivity index (χ1) is 11.7. The minimum atomic E-state index is -0.199. The highest BCUT2D eigenvalue weighted by molar-refractivity contribution is 5.92. The van der Waals surface area contributed by atoms with Crippen LogP contribution in [0.4, 0.5) is 0 Å². The molecule has 1 atom stereocenters. The summed E-state index contributed by atoms with van der Waals surface area (Å²) in [7, 11) is 0. The summed E-state index contributed by atoms with van der Waals surface area (Å²) in [6, 6.07) is 11.8. The number of morpholine rings is 1. The molecule has 1 N–H and O–H groups in total. The molecule has 0 saturated carbocycles. The standard InChI is InChI=1S/C18H23N3O3/c1-14(15-5-3-2-4-6-15)12-19-18(22)17-11-16(24-20-17)13-21-7-9-23-10-8-21/h2-6,11,14H,7-10,12-13H2,1H3,(H,19,22)/t14-/m0/s1. The van der Waals surface area contributed by atoms with E-state index in [2.05, 4.69) is 34.4 Å². The van der Waals surface area contributed by atoms with Crippen LogP contribution in [-0.4, -0.2) is 48.8 Å². The molecular weight excluding hydrogens is 306 g/mol. The highest BCUT2D eigenvalue weighted by Gasteiger charge is 2.17. The monoisotopic (exact) mass is 329 g/mol. The van der Waals surface area contributed by atoms with E-state index >= 15 is 0 Å². The molecule has 24 heavy (non-hydrogen) atoms. The lowest BCUT2D eigenvalue weighted by molar-refractivity contribution is 0.0305. The first-order valence-electron chi connectivity index (χ1n) is 8.31. The van der Waals surface area contributed by atoms with E-state index in [0.717, 1.165) is 26.3 Å². The third-order valence-corrected chi connectivity index (χ3v) is 4.21. The molecule has 1 aliphatic heterocycles. The van der Waals surface area contributed by atoms with Crippen molar-refractivity contribution in [2.24, 2.45) is 0 Å². The van der Waals surface area contributed by atoms with Crippen molar-refractivity contribution in [3.05, 3.63) is 53.4 Å². The summed E-state index contributed by atoms with van der Waals surface area (Å²) in [5, 5.41) is 6.81. The molecule has 0 unspecified atom stereocenters. The number of carbonyl (C=O) groups is 1. The SMILES string of the molecule is C[C@@H](CNC(=O)c1cc(CN2CCOCC2)on1)c1ccccc1. The summed E-state index contributed by atoms with van der Waals surface area (Å²) in [6.45, 7) is 6.52. The zero-order chi connectivity index (χ0) is 16.8. The van der Waals surface area contributed by atoms with Crippen molar-refractivity contribution in [3.8, 4) is 0 Å². The number of benzene rings is 1. The molecule has 1 amide bonds. The van der Waals surface area contributed by atoms with Crippen molar-refractivity contribution in [3.63, 3.8) is 0 Å². The number of ether oxygens (including phenoxy) is 1. The first-order valence-corrected chi connectivity index (χ1v) is 8.31. The fourth-order valence-corrected chi connectivity index (χ4v) is 2.71. The molecule has 1 fully saturated rings. The highest BCUT2D eigenvalue weighted by Crippen LogP contribution is 2.14. The fraction of sp³-hybridized carbons (Fsp3) is 0.444. The zero-order valence-electron chi connectivity index (χ0n) is 13.9. The molecule has 1 aromatic carbocycles. The topological polar surface area (TPSA) is 67.6 Å². The minimum Gasteiger partial charge on any atom is -0.379 e. The van der Waals surface area contributed by atoms with Gasteiger partial charge in [0.15, 0.2) is 11.5 Å². The van der Waals surface area contributed by atoms with E-state index in [1.165, 1.54) is 5.56 Å². The van der Waals surface area contributed by atoms with Crippen LogP contribution in [0.15, 0.2) is 40.9 Å². The molecule has 6 heteroatoms. The molecule has 2 heterocycles. The van der Waals surface area contributed by atoms with Crippen molar-refractivity contribution < 1.29 is 14.1 Å². The second-order valence-electron chi connectivity index (χ2n) is 6.09. The van der Waals surface area contributed by atoms with E-state index in [1.54, 1.807) is 6.07 Å². The van der Waals surface area contributed by atoms with Crippen molar-refractivity contribution >= 4 is 5.91 Å². The highest BCUT2D eigenvalue weighted by atomic mass is 16.5. The Morgan fingerprint density at radius 1 is 1.29 bits per heavy atom. The second-order valence-corrected chi connectivity index (χ2v) is 6.09. The predicted molar refractivity (Wildman–Crippen MR) is 89.8 cm³/mol. The number of nitrogens with one attached hydrogen (secondary N) is 1.